The number of nitrogens with one attached hydrogen (secondary N) is 1. The van der Waals surface area contributed by atoms with E-state index in [1.165, 1.54) is 30.8 Å². The Labute approximate surface area is 98.7 Å². The van der Waals surface area contributed by atoms with Gasteiger partial charge >= 0.3 is 0 Å². The monoisotopic (exact) mass is 218 g/mol. The van der Waals surface area contributed by atoms with Gasteiger partial charge in [0.2, 0.25) is 0 Å². The molecule has 1 atom stereocenters. The van der Waals surface area contributed by atoms with Crippen LogP contribution in [0.25, 0.3) is 0 Å². The van der Waals surface area contributed by atoms with Crippen molar-refractivity contribution in [3.05, 3.63) is 29.8 Å². The van der Waals surface area contributed by atoms with Gasteiger partial charge in [-0.05, 0) is 43.5 Å². The lowest BCUT2D eigenvalue weighted by Crippen LogP contribution is -2.26. The molecule has 2 nitrogen and oxygen atoms in total. The smallest absolute Gasteiger partial charge is 0.0343 e. The second-order valence-corrected chi connectivity index (χ2v) is 4.99. The molecule has 0 radical (unpaired) electrons. The average Bonchev–Trinajstić information content (AvgIpc) is 2.64. The van der Waals surface area contributed by atoms with Crippen molar-refractivity contribution >= 4 is 5.69 Å². The maximum Gasteiger partial charge on any atom is 0.0343 e. The molecule has 1 heterocycles. The van der Waals surface area contributed by atoms with Crippen molar-refractivity contribution in [1.82, 2.24) is 4.90 Å². The van der Waals surface area contributed by atoms with E-state index >= 15 is 0 Å². The third-order valence-corrected chi connectivity index (χ3v) is 3.28. The van der Waals surface area contributed by atoms with E-state index in [0.717, 1.165) is 19.0 Å². The fourth-order valence-corrected chi connectivity index (χ4v) is 2.34. The molecule has 2 rings (SSSR count). The molecule has 16 heavy (non-hydrogen) atoms. The van der Waals surface area contributed by atoms with E-state index in [2.05, 4.69) is 48.3 Å². The van der Waals surface area contributed by atoms with Gasteiger partial charge in [0, 0.05) is 25.3 Å². The molecule has 1 fully saturated rings. The first-order chi connectivity index (χ1) is 7.74. The number of hydrogen-bond acceptors (Lipinski definition) is 2. The first kappa shape index (κ1) is 11.5. The van der Waals surface area contributed by atoms with E-state index in [1.807, 2.05) is 0 Å². The molecule has 2 heteroatoms. The fraction of sp³-hybridized carbons (Fsp3) is 0.571. The van der Waals surface area contributed by atoms with Crippen LogP contribution in [0.2, 0.25) is 0 Å². The largest absolute Gasteiger partial charge is 0.384 e. The molecule has 1 aliphatic rings. The molecule has 0 bridgehead atoms. The molecule has 1 N–H and O–H groups in total. The lowest BCUT2D eigenvalue weighted by atomic mass is 10.2. The minimum Gasteiger partial charge on any atom is -0.384 e. The Balaban J connectivity index is 1.72. The average molecular weight is 218 g/mol. The Kier molecular flexibility index (Phi) is 3.83. The summed E-state index contributed by atoms with van der Waals surface area (Å²) in [4.78, 5) is 2.55. The van der Waals surface area contributed by atoms with Gasteiger partial charge in [-0.2, -0.15) is 0 Å². The highest BCUT2D eigenvalue weighted by Gasteiger charge is 2.17. The van der Waals surface area contributed by atoms with Crippen LogP contribution >= 0.6 is 0 Å². The molecule has 0 aliphatic carbocycles. The molecule has 0 saturated carbocycles. The highest BCUT2D eigenvalue weighted by atomic mass is 15.2. The van der Waals surface area contributed by atoms with Crippen LogP contribution in [0, 0.1) is 12.8 Å². The maximum atomic E-state index is 3.49. The van der Waals surface area contributed by atoms with Crippen molar-refractivity contribution in [2.45, 2.75) is 20.3 Å². The van der Waals surface area contributed by atoms with Gasteiger partial charge in [-0.1, -0.05) is 19.1 Å². The van der Waals surface area contributed by atoms with Gasteiger partial charge in [0.05, 0.1) is 0 Å². The number of hydrogen-bond donors (Lipinski definition) is 1. The lowest BCUT2D eigenvalue weighted by molar-refractivity contribution is 0.341. The van der Waals surface area contributed by atoms with Gasteiger partial charge in [-0.3, -0.25) is 0 Å². The second-order valence-electron chi connectivity index (χ2n) is 4.99. The summed E-state index contributed by atoms with van der Waals surface area (Å²) in [5, 5.41) is 3.49. The fourth-order valence-electron chi connectivity index (χ4n) is 2.34. The maximum absolute atomic E-state index is 3.49. The van der Waals surface area contributed by atoms with Crippen molar-refractivity contribution in [3.8, 4) is 0 Å². The Morgan fingerprint density at radius 1 is 1.44 bits per heavy atom. The SMILES string of the molecule is Cc1cccc(NCCN2CCC(C)C2)c1. The second kappa shape index (κ2) is 5.35. The first-order valence-corrected chi connectivity index (χ1v) is 6.27. The van der Waals surface area contributed by atoms with E-state index in [1.54, 1.807) is 0 Å². The van der Waals surface area contributed by atoms with Crippen LogP contribution in [-0.4, -0.2) is 31.1 Å². The van der Waals surface area contributed by atoms with E-state index in [-0.39, 0.29) is 0 Å². The van der Waals surface area contributed by atoms with Crippen LogP contribution in [0.5, 0.6) is 0 Å². The summed E-state index contributed by atoms with van der Waals surface area (Å²) in [7, 11) is 0. The van der Waals surface area contributed by atoms with E-state index in [0.29, 0.717) is 0 Å². The quantitative estimate of drug-likeness (QED) is 0.836. The summed E-state index contributed by atoms with van der Waals surface area (Å²) < 4.78 is 0. The summed E-state index contributed by atoms with van der Waals surface area (Å²) in [6.07, 6.45) is 1.37. The number of likely N-dealkylation sites (tertiary alicyclic amines) is 1. The van der Waals surface area contributed by atoms with Gasteiger partial charge in [0.15, 0.2) is 0 Å². The van der Waals surface area contributed by atoms with Gasteiger partial charge in [-0.15, -0.1) is 0 Å². The van der Waals surface area contributed by atoms with Crippen molar-refractivity contribution in [2.24, 2.45) is 5.92 Å². The highest BCUT2D eigenvalue weighted by Crippen LogP contribution is 2.14. The van der Waals surface area contributed by atoms with Crippen LogP contribution in [0.3, 0.4) is 0 Å². The van der Waals surface area contributed by atoms with E-state index in [9.17, 15) is 0 Å². The zero-order chi connectivity index (χ0) is 11.4. The summed E-state index contributed by atoms with van der Waals surface area (Å²) in [5.41, 5.74) is 2.56. The van der Waals surface area contributed by atoms with Gasteiger partial charge in [0.1, 0.15) is 0 Å². The van der Waals surface area contributed by atoms with Crippen LogP contribution in [0.4, 0.5) is 5.69 Å². The molecule has 0 amide bonds. The third-order valence-electron chi connectivity index (χ3n) is 3.28. The molecule has 0 aromatic heterocycles. The predicted octanol–water partition coefficient (Wildman–Crippen LogP) is 2.75. The summed E-state index contributed by atoms with van der Waals surface area (Å²) in [6, 6.07) is 8.58. The number of nitrogens with zero attached hydrogens (tertiary/aromatic N) is 1. The summed E-state index contributed by atoms with van der Waals surface area (Å²) >= 11 is 0. The third kappa shape index (κ3) is 3.24. The topological polar surface area (TPSA) is 15.3 Å². The van der Waals surface area contributed by atoms with Crippen molar-refractivity contribution < 1.29 is 0 Å². The Hall–Kier alpha value is -1.02. The lowest BCUT2D eigenvalue weighted by Gasteiger charge is -2.16. The first-order valence-electron chi connectivity index (χ1n) is 6.27. The minimum absolute atomic E-state index is 0.888. The number of anilines is 1. The van der Waals surface area contributed by atoms with E-state index < -0.39 is 0 Å². The minimum atomic E-state index is 0.888. The molecule has 1 aromatic carbocycles. The van der Waals surface area contributed by atoms with Crippen molar-refractivity contribution in [3.63, 3.8) is 0 Å². The van der Waals surface area contributed by atoms with Gasteiger partial charge in [0.25, 0.3) is 0 Å². The van der Waals surface area contributed by atoms with Gasteiger partial charge in [-0.25, -0.2) is 0 Å². The summed E-state index contributed by atoms with van der Waals surface area (Å²) in [6.45, 7) is 9.24. The van der Waals surface area contributed by atoms with Crippen molar-refractivity contribution in [1.29, 1.82) is 0 Å². The Bertz CT molecular complexity index is 335. The number of rotatable bonds is 4. The zero-order valence-electron chi connectivity index (χ0n) is 10.4. The zero-order valence-corrected chi connectivity index (χ0v) is 10.4. The molecule has 1 saturated heterocycles. The molecular formula is C14H22N2. The van der Waals surface area contributed by atoms with Crippen LogP contribution in [-0.2, 0) is 0 Å². The number of aryl methyl sites for hydroxylation is 1. The predicted molar refractivity (Wildman–Crippen MR) is 69.9 cm³/mol. The molecule has 88 valence electrons. The Morgan fingerprint density at radius 3 is 3.00 bits per heavy atom. The van der Waals surface area contributed by atoms with Crippen LogP contribution in [0.1, 0.15) is 18.9 Å². The normalized spacial score (nSPS) is 21.2. The Morgan fingerprint density at radius 2 is 2.31 bits per heavy atom. The summed E-state index contributed by atoms with van der Waals surface area (Å²) in [5.74, 6) is 0.888. The van der Waals surface area contributed by atoms with Crippen LogP contribution in [0.15, 0.2) is 24.3 Å². The van der Waals surface area contributed by atoms with Gasteiger partial charge < -0.3 is 10.2 Å². The van der Waals surface area contributed by atoms with Crippen LogP contribution < -0.4 is 5.32 Å². The molecular weight excluding hydrogens is 196 g/mol. The van der Waals surface area contributed by atoms with Crippen molar-refractivity contribution in [2.75, 3.05) is 31.5 Å². The molecule has 0 spiro atoms. The molecule has 1 aliphatic heterocycles. The molecule has 1 aromatic rings. The molecule has 1 unspecified atom stereocenters. The highest BCUT2D eigenvalue weighted by molar-refractivity contribution is 5.45. The standard InChI is InChI=1S/C14H22N2/c1-12-4-3-5-14(10-12)15-7-9-16-8-6-13(2)11-16/h3-5,10,13,15H,6-9,11H2,1-2H3. The van der Waals surface area contributed by atoms with E-state index in [4.69, 9.17) is 0 Å². The number of benzene rings is 1.